The summed E-state index contributed by atoms with van der Waals surface area (Å²) < 4.78 is 82.5. The monoisotopic (exact) mass is 615 g/mol. The van der Waals surface area contributed by atoms with E-state index >= 15 is 0 Å². The van der Waals surface area contributed by atoms with E-state index in [0.29, 0.717) is 0 Å². The van der Waals surface area contributed by atoms with Gasteiger partial charge in [0, 0.05) is 6.20 Å². The highest BCUT2D eigenvalue weighted by Crippen LogP contribution is 2.30. The average Bonchev–Trinajstić information content (AvgIpc) is 3.32. The predicted octanol–water partition coefficient (Wildman–Crippen LogP) is 4.04. The van der Waals surface area contributed by atoms with Crippen molar-refractivity contribution in [3.8, 4) is 17.3 Å². The number of alkyl halides is 3. The second-order valence-electron chi connectivity index (χ2n) is 10.1. The number of ether oxygens (including phenoxy) is 3. The molecule has 0 aliphatic heterocycles. The fourth-order valence-corrected chi connectivity index (χ4v) is 4.55. The molecule has 13 nitrogen and oxygen atoms in total. The molecule has 0 spiro atoms. The lowest BCUT2D eigenvalue weighted by Crippen LogP contribution is -2.47. The zero-order valence-corrected chi connectivity index (χ0v) is 23.9. The van der Waals surface area contributed by atoms with Crippen molar-refractivity contribution in [1.29, 1.82) is 0 Å². The maximum atomic E-state index is 12.9. The summed E-state index contributed by atoms with van der Waals surface area (Å²) in [5.41, 5.74) is 4.97. The Bertz CT molecular complexity index is 1530. The van der Waals surface area contributed by atoms with E-state index in [9.17, 15) is 31.2 Å². The van der Waals surface area contributed by atoms with Crippen molar-refractivity contribution in [2.24, 2.45) is 5.92 Å². The number of halogens is 3. The lowest BCUT2D eigenvalue weighted by molar-refractivity contribution is -0.274. The van der Waals surface area contributed by atoms with Gasteiger partial charge in [-0.05, 0) is 57.0 Å². The van der Waals surface area contributed by atoms with Crippen LogP contribution < -0.4 is 15.8 Å². The SMILES string of the molecule is CC(C)[C@H](NC(=O)OC(C)(C)C)C(=O)OCc1nnc(-c2ncc(S(=O)(=O)c3ccc(OC(F)(F)F)cc3)cc2N)o1. The first-order chi connectivity index (χ1) is 19.4. The van der Waals surface area contributed by atoms with E-state index in [-0.39, 0.29) is 38.9 Å². The van der Waals surface area contributed by atoms with Gasteiger partial charge in [-0.25, -0.2) is 23.0 Å². The van der Waals surface area contributed by atoms with Crippen LogP contribution in [0.5, 0.6) is 5.75 Å². The van der Waals surface area contributed by atoms with E-state index in [4.69, 9.17) is 19.6 Å². The molecule has 0 radical (unpaired) electrons. The molecule has 0 unspecified atom stereocenters. The van der Waals surface area contributed by atoms with Crippen LogP contribution in [0, 0.1) is 5.92 Å². The zero-order valence-electron chi connectivity index (χ0n) is 23.1. The first-order valence-corrected chi connectivity index (χ1v) is 13.7. The van der Waals surface area contributed by atoms with Crippen molar-refractivity contribution in [2.75, 3.05) is 5.73 Å². The molecule has 17 heteroatoms. The third kappa shape index (κ3) is 8.55. The number of benzene rings is 1. The topological polar surface area (TPSA) is 186 Å². The molecule has 3 rings (SSSR count). The number of nitrogens with one attached hydrogen (secondary N) is 1. The molecular weight excluding hydrogens is 587 g/mol. The van der Waals surface area contributed by atoms with Crippen LogP contribution in [0.2, 0.25) is 0 Å². The number of nitrogens with two attached hydrogens (primary N) is 1. The second kappa shape index (κ2) is 12.2. The van der Waals surface area contributed by atoms with Gasteiger partial charge in [0.25, 0.3) is 11.8 Å². The van der Waals surface area contributed by atoms with Gasteiger partial charge in [-0.2, -0.15) is 0 Å². The lowest BCUT2D eigenvalue weighted by Gasteiger charge is -2.24. The van der Waals surface area contributed by atoms with Crippen molar-refractivity contribution < 1.29 is 49.8 Å². The molecule has 42 heavy (non-hydrogen) atoms. The Kier molecular flexibility index (Phi) is 9.34. The van der Waals surface area contributed by atoms with Crippen molar-refractivity contribution in [3.63, 3.8) is 0 Å². The number of anilines is 1. The number of carbonyl (C=O) groups excluding carboxylic acids is 2. The van der Waals surface area contributed by atoms with Gasteiger partial charge < -0.3 is 29.7 Å². The molecule has 0 saturated carbocycles. The number of pyridine rings is 1. The van der Waals surface area contributed by atoms with Crippen molar-refractivity contribution in [2.45, 2.75) is 69.0 Å². The van der Waals surface area contributed by atoms with Crippen LogP contribution in [0.1, 0.15) is 40.5 Å². The van der Waals surface area contributed by atoms with Crippen LogP contribution in [0.15, 0.2) is 50.7 Å². The van der Waals surface area contributed by atoms with E-state index in [0.717, 1.165) is 36.5 Å². The number of esters is 1. The molecule has 228 valence electrons. The predicted molar refractivity (Wildman–Crippen MR) is 138 cm³/mol. The summed E-state index contributed by atoms with van der Waals surface area (Å²) in [6.07, 6.45) is -4.77. The number of nitrogens with zero attached hydrogens (tertiary/aromatic N) is 3. The Morgan fingerprint density at radius 2 is 1.71 bits per heavy atom. The standard InChI is InChI=1S/C25H28F3N5O8S/c1-13(2)19(31-23(35)41-24(3,4)5)22(34)38-12-18-32-33-21(39-18)20-17(29)10-16(11-30-20)42(36,37)15-8-6-14(7-9-15)40-25(26,27)28/h6-11,13,19H,12,29H2,1-5H3,(H,31,35)/t19-/m0/s1. The number of aromatic nitrogens is 3. The van der Waals surface area contributed by atoms with E-state index in [1.165, 1.54) is 0 Å². The van der Waals surface area contributed by atoms with Gasteiger partial charge in [-0.1, -0.05) is 13.8 Å². The first kappa shape index (κ1) is 32.1. The molecule has 1 atom stereocenters. The van der Waals surface area contributed by atoms with Gasteiger partial charge >= 0.3 is 18.4 Å². The second-order valence-corrected chi connectivity index (χ2v) is 12.1. The molecule has 2 heterocycles. The highest BCUT2D eigenvalue weighted by molar-refractivity contribution is 7.91. The third-order valence-electron chi connectivity index (χ3n) is 5.17. The molecule has 3 aromatic rings. The third-order valence-corrected chi connectivity index (χ3v) is 6.91. The smallest absolute Gasteiger partial charge is 0.454 e. The number of sulfone groups is 1. The Balaban J connectivity index is 1.69. The Morgan fingerprint density at radius 3 is 2.26 bits per heavy atom. The molecular formula is C25H28F3N5O8S. The average molecular weight is 616 g/mol. The summed E-state index contributed by atoms with van der Waals surface area (Å²) in [5, 5.41) is 10.0. The minimum absolute atomic E-state index is 0.0698. The van der Waals surface area contributed by atoms with Gasteiger partial charge in [0.1, 0.15) is 17.4 Å². The number of nitrogen functional groups attached to an aromatic ring is 1. The largest absolute Gasteiger partial charge is 0.573 e. The van der Waals surface area contributed by atoms with Crippen molar-refractivity contribution >= 4 is 27.6 Å². The number of hydrogen-bond acceptors (Lipinski definition) is 12. The minimum atomic E-state index is -4.93. The Labute approximate surface area is 238 Å². The molecule has 3 N–H and O–H groups in total. The summed E-state index contributed by atoms with van der Waals surface area (Å²) in [4.78, 5) is 28.0. The Morgan fingerprint density at radius 1 is 1.07 bits per heavy atom. The minimum Gasteiger partial charge on any atom is -0.454 e. The molecule has 1 amide bonds. The summed E-state index contributed by atoms with van der Waals surface area (Å²) in [6.45, 7) is 7.97. The number of carbonyl (C=O) groups is 2. The number of amides is 1. The van der Waals surface area contributed by atoms with E-state index < -0.39 is 52.3 Å². The fourth-order valence-electron chi connectivity index (χ4n) is 3.31. The quantitative estimate of drug-likeness (QED) is 0.330. The fraction of sp³-hybridized carbons (Fsp3) is 0.400. The van der Waals surface area contributed by atoms with Crippen LogP contribution in [0.4, 0.5) is 23.7 Å². The normalized spacial score (nSPS) is 13.0. The van der Waals surface area contributed by atoms with Gasteiger partial charge in [-0.3, -0.25) is 0 Å². The molecule has 0 fully saturated rings. The summed E-state index contributed by atoms with van der Waals surface area (Å²) in [5.74, 6) is -2.05. The van der Waals surface area contributed by atoms with Gasteiger partial charge in [0.15, 0.2) is 12.3 Å². The van der Waals surface area contributed by atoms with Crippen LogP contribution in [0.3, 0.4) is 0 Å². The molecule has 0 aliphatic rings. The van der Waals surface area contributed by atoms with Crippen LogP contribution in [-0.2, 0) is 30.7 Å². The highest BCUT2D eigenvalue weighted by atomic mass is 32.2. The van der Waals surface area contributed by atoms with Gasteiger partial charge in [0.2, 0.25) is 9.84 Å². The summed E-state index contributed by atoms with van der Waals surface area (Å²) in [7, 11) is -4.21. The van der Waals surface area contributed by atoms with E-state index in [1.807, 2.05) is 0 Å². The summed E-state index contributed by atoms with van der Waals surface area (Å²) in [6, 6.07) is 3.64. The summed E-state index contributed by atoms with van der Waals surface area (Å²) >= 11 is 0. The highest BCUT2D eigenvalue weighted by Gasteiger charge is 2.32. The van der Waals surface area contributed by atoms with Crippen LogP contribution in [-0.4, -0.2) is 53.7 Å². The molecule has 0 saturated heterocycles. The van der Waals surface area contributed by atoms with E-state index in [1.54, 1.807) is 34.6 Å². The van der Waals surface area contributed by atoms with Crippen molar-refractivity contribution in [3.05, 3.63) is 42.4 Å². The van der Waals surface area contributed by atoms with Gasteiger partial charge in [-0.15, -0.1) is 23.4 Å². The maximum absolute atomic E-state index is 12.9. The van der Waals surface area contributed by atoms with E-state index in [2.05, 4.69) is 25.2 Å². The zero-order chi connectivity index (χ0) is 31.5. The van der Waals surface area contributed by atoms with Crippen molar-refractivity contribution in [1.82, 2.24) is 20.5 Å². The molecule has 1 aromatic carbocycles. The molecule has 0 aliphatic carbocycles. The molecule has 0 bridgehead atoms. The first-order valence-electron chi connectivity index (χ1n) is 12.2. The number of rotatable bonds is 9. The lowest BCUT2D eigenvalue weighted by atomic mass is 10.1. The number of hydrogen-bond donors (Lipinski definition) is 2. The van der Waals surface area contributed by atoms with Crippen LogP contribution >= 0.6 is 0 Å². The molecule has 2 aromatic heterocycles. The number of alkyl carbamates (subject to hydrolysis) is 1. The maximum Gasteiger partial charge on any atom is 0.573 e. The van der Waals surface area contributed by atoms with Gasteiger partial charge in [0.05, 0.1) is 15.5 Å². The van der Waals surface area contributed by atoms with Crippen LogP contribution in [0.25, 0.3) is 11.6 Å². The Hall–Kier alpha value is -4.41.